The first kappa shape index (κ1) is 13.3. The van der Waals surface area contributed by atoms with Gasteiger partial charge < -0.3 is 14.9 Å². The number of hydrogen-bond donors (Lipinski definition) is 4. The summed E-state index contributed by atoms with van der Waals surface area (Å²) >= 11 is 0. The van der Waals surface area contributed by atoms with E-state index in [1.165, 1.54) is 6.92 Å². The van der Waals surface area contributed by atoms with E-state index in [-0.39, 0.29) is 6.54 Å². The molecule has 0 rings (SSSR count). The van der Waals surface area contributed by atoms with Crippen molar-refractivity contribution in [2.75, 3.05) is 6.54 Å². The molecule has 7 heteroatoms. The van der Waals surface area contributed by atoms with Gasteiger partial charge in [-0.3, -0.25) is 14.7 Å². The fourth-order valence-electron chi connectivity index (χ4n) is 0.724. The lowest BCUT2D eigenvalue weighted by atomic mass is 10.2. The Labute approximate surface area is 81.8 Å². The topological polar surface area (TPSA) is 107 Å². The van der Waals surface area contributed by atoms with Crippen molar-refractivity contribution in [1.82, 2.24) is 5.32 Å². The van der Waals surface area contributed by atoms with Crippen molar-refractivity contribution < 1.29 is 24.3 Å². The van der Waals surface area contributed by atoms with Crippen molar-refractivity contribution in [3.05, 3.63) is 12.7 Å². The highest BCUT2D eigenvalue weighted by molar-refractivity contribution is 7.52. The number of aliphatic carboxylic acids is 1. The van der Waals surface area contributed by atoms with Crippen molar-refractivity contribution in [3.8, 4) is 0 Å². The Kier molecular flexibility index (Phi) is 5.01. The van der Waals surface area contributed by atoms with Gasteiger partial charge >= 0.3 is 13.6 Å². The Hall–Kier alpha value is -0.680. The fourth-order valence-corrected chi connectivity index (χ4v) is 1.34. The number of nitrogens with one attached hydrogen (secondary N) is 1. The Morgan fingerprint density at radius 3 is 2.43 bits per heavy atom. The maximum atomic E-state index is 10.8. The molecule has 14 heavy (non-hydrogen) atoms. The second-order valence-electron chi connectivity index (χ2n) is 2.92. The molecule has 0 saturated heterocycles. The highest BCUT2D eigenvalue weighted by Gasteiger charge is 2.26. The van der Waals surface area contributed by atoms with Gasteiger partial charge in [-0.05, 0) is 0 Å². The molecular formula is C7H14NO5P. The van der Waals surface area contributed by atoms with E-state index in [1.54, 1.807) is 0 Å². The van der Waals surface area contributed by atoms with Crippen LogP contribution in [0.15, 0.2) is 12.7 Å². The van der Waals surface area contributed by atoms with Crippen molar-refractivity contribution in [2.45, 2.75) is 12.7 Å². The molecule has 0 fully saturated rings. The lowest BCUT2D eigenvalue weighted by molar-refractivity contribution is -0.140. The van der Waals surface area contributed by atoms with E-state index in [0.717, 1.165) is 6.08 Å². The van der Waals surface area contributed by atoms with Crippen molar-refractivity contribution in [1.29, 1.82) is 0 Å². The molecule has 82 valence electrons. The van der Waals surface area contributed by atoms with Gasteiger partial charge in [-0.25, -0.2) is 0 Å². The molecule has 0 radical (unpaired) electrons. The van der Waals surface area contributed by atoms with Gasteiger partial charge in [0.25, 0.3) is 0 Å². The second-order valence-corrected chi connectivity index (χ2v) is 4.65. The molecule has 0 aromatic rings. The third kappa shape index (κ3) is 4.53. The molecule has 0 spiro atoms. The highest BCUT2D eigenvalue weighted by atomic mass is 31.2. The summed E-state index contributed by atoms with van der Waals surface area (Å²) in [6.07, 6.45) is 1.06. The van der Waals surface area contributed by atoms with Crippen molar-refractivity contribution in [2.24, 2.45) is 5.92 Å². The van der Waals surface area contributed by atoms with E-state index in [9.17, 15) is 9.36 Å². The summed E-state index contributed by atoms with van der Waals surface area (Å²) in [6.45, 7) is 4.67. The van der Waals surface area contributed by atoms with Crippen LogP contribution in [-0.4, -0.2) is 33.2 Å². The Bertz CT molecular complexity index is 261. The fraction of sp³-hybridized carbons (Fsp3) is 0.571. The standard InChI is InChI=1S/C7H14NO5P/c1-3-6(14(11,12)13)8-4-5(2)7(9)10/h3,5-6,8H,1,4H2,2H3,(H,9,10)(H2,11,12,13). The summed E-state index contributed by atoms with van der Waals surface area (Å²) < 4.78 is 10.8. The zero-order chi connectivity index (χ0) is 11.4. The predicted octanol–water partition coefficient (Wildman–Crippen LogP) is -0.0135. The van der Waals surface area contributed by atoms with Crippen LogP contribution in [-0.2, 0) is 9.36 Å². The van der Waals surface area contributed by atoms with Crippen LogP contribution in [0, 0.1) is 5.92 Å². The molecule has 4 N–H and O–H groups in total. The summed E-state index contributed by atoms with van der Waals surface area (Å²) in [5.41, 5.74) is 0. The first-order valence-electron chi connectivity index (χ1n) is 3.93. The van der Waals surface area contributed by atoms with Crippen LogP contribution in [0.25, 0.3) is 0 Å². The first-order valence-corrected chi connectivity index (χ1v) is 5.61. The van der Waals surface area contributed by atoms with Gasteiger partial charge in [0.1, 0.15) is 5.78 Å². The molecule has 0 heterocycles. The minimum absolute atomic E-state index is 0.0167. The molecular weight excluding hydrogens is 209 g/mol. The number of hydrogen-bond acceptors (Lipinski definition) is 3. The molecule has 0 aliphatic heterocycles. The SMILES string of the molecule is C=CC(NCC(C)C(=O)O)P(=O)(O)O. The van der Waals surface area contributed by atoms with Crippen LogP contribution < -0.4 is 5.32 Å². The normalized spacial score (nSPS) is 15.9. The Balaban J connectivity index is 4.17. The molecule has 0 aromatic carbocycles. The summed E-state index contributed by atoms with van der Waals surface area (Å²) in [6, 6.07) is 0. The average Bonchev–Trinajstić information content (AvgIpc) is 2.02. The van der Waals surface area contributed by atoms with Crippen LogP contribution in [0.4, 0.5) is 0 Å². The summed E-state index contributed by atoms with van der Waals surface area (Å²) in [5, 5.41) is 10.9. The number of carboxylic acid groups (broad SMARTS) is 1. The van der Waals surface area contributed by atoms with Gasteiger partial charge in [0.05, 0.1) is 5.92 Å². The molecule has 0 aliphatic carbocycles. The van der Waals surface area contributed by atoms with Gasteiger partial charge in [-0.15, -0.1) is 6.58 Å². The maximum Gasteiger partial charge on any atom is 0.346 e. The van der Waals surface area contributed by atoms with Crippen molar-refractivity contribution >= 4 is 13.6 Å². The third-order valence-electron chi connectivity index (χ3n) is 1.64. The number of carboxylic acids is 1. The van der Waals surface area contributed by atoms with Crippen LogP contribution in [0.3, 0.4) is 0 Å². The lowest BCUT2D eigenvalue weighted by Crippen LogP contribution is -2.33. The average molecular weight is 223 g/mol. The van der Waals surface area contributed by atoms with E-state index in [1.807, 2.05) is 0 Å². The van der Waals surface area contributed by atoms with Gasteiger partial charge in [0, 0.05) is 6.54 Å². The Morgan fingerprint density at radius 2 is 2.14 bits per heavy atom. The first-order chi connectivity index (χ1) is 6.29. The largest absolute Gasteiger partial charge is 0.481 e. The minimum Gasteiger partial charge on any atom is -0.481 e. The van der Waals surface area contributed by atoms with Crippen LogP contribution >= 0.6 is 7.60 Å². The highest BCUT2D eigenvalue weighted by Crippen LogP contribution is 2.39. The van der Waals surface area contributed by atoms with Gasteiger partial charge in [-0.2, -0.15) is 0 Å². The maximum absolute atomic E-state index is 10.8. The molecule has 0 aliphatic rings. The molecule has 6 nitrogen and oxygen atoms in total. The predicted molar refractivity (Wildman–Crippen MR) is 50.8 cm³/mol. The van der Waals surface area contributed by atoms with E-state index >= 15 is 0 Å². The molecule has 0 saturated carbocycles. The lowest BCUT2D eigenvalue weighted by Gasteiger charge is -2.17. The van der Waals surface area contributed by atoms with E-state index in [2.05, 4.69) is 11.9 Å². The van der Waals surface area contributed by atoms with Crippen LogP contribution in [0.1, 0.15) is 6.92 Å². The summed E-state index contributed by atoms with van der Waals surface area (Å²) in [5.74, 6) is -2.92. The molecule has 0 bridgehead atoms. The molecule has 2 atom stereocenters. The van der Waals surface area contributed by atoms with Gasteiger partial charge in [-0.1, -0.05) is 13.0 Å². The number of rotatable bonds is 6. The summed E-state index contributed by atoms with van der Waals surface area (Å²) in [4.78, 5) is 27.9. The van der Waals surface area contributed by atoms with Crippen LogP contribution in [0.5, 0.6) is 0 Å². The summed E-state index contributed by atoms with van der Waals surface area (Å²) in [7, 11) is -4.28. The van der Waals surface area contributed by atoms with Gasteiger partial charge in [0.15, 0.2) is 0 Å². The van der Waals surface area contributed by atoms with E-state index < -0.39 is 25.3 Å². The zero-order valence-corrected chi connectivity index (χ0v) is 8.65. The smallest absolute Gasteiger partial charge is 0.346 e. The molecule has 0 aromatic heterocycles. The van der Waals surface area contributed by atoms with E-state index in [0.29, 0.717) is 0 Å². The quantitative estimate of drug-likeness (QED) is 0.372. The van der Waals surface area contributed by atoms with Crippen LogP contribution in [0.2, 0.25) is 0 Å². The Morgan fingerprint density at radius 1 is 1.64 bits per heavy atom. The third-order valence-corrected chi connectivity index (χ3v) is 2.76. The van der Waals surface area contributed by atoms with E-state index in [4.69, 9.17) is 14.9 Å². The molecule has 0 amide bonds. The van der Waals surface area contributed by atoms with Crippen molar-refractivity contribution in [3.63, 3.8) is 0 Å². The minimum atomic E-state index is -4.28. The van der Waals surface area contributed by atoms with Gasteiger partial charge in [0.2, 0.25) is 0 Å². The second kappa shape index (κ2) is 5.26. The molecule has 2 unspecified atom stereocenters. The number of carbonyl (C=O) groups is 1. The zero-order valence-electron chi connectivity index (χ0n) is 7.75. The monoisotopic (exact) mass is 223 g/mol.